The normalized spacial score (nSPS) is 16.9. The fourth-order valence-corrected chi connectivity index (χ4v) is 3.13. The van der Waals surface area contributed by atoms with Gasteiger partial charge in [-0.05, 0) is 55.8 Å². The first-order chi connectivity index (χ1) is 8.67. The van der Waals surface area contributed by atoms with Gasteiger partial charge in [0.05, 0.1) is 10.0 Å². The highest BCUT2D eigenvalue weighted by Crippen LogP contribution is 2.44. The molecule has 4 nitrogen and oxygen atoms in total. The minimum Gasteiger partial charge on any atom is -0.478 e. The van der Waals surface area contributed by atoms with E-state index in [1.54, 1.807) is 12.1 Å². The number of carboxylic acids is 1. The smallest absolute Gasteiger partial charge is 0.350 e. The van der Waals surface area contributed by atoms with Crippen LogP contribution in [0.3, 0.4) is 0 Å². The van der Waals surface area contributed by atoms with Crippen LogP contribution < -0.4 is 0 Å². The molecule has 0 saturated carbocycles. The molecule has 102 valence electrons. The molecule has 1 aliphatic heterocycles. The van der Waals surface area contributed by atoms with Gasteiger partial charge in [-0.25, -0.2) is 4.79 Å². The maximum Gasteiger partial charge on any atom is 0.350 e. The minimum absolute atomic E-state index is 0.0903. The third kappa shape index (κ3) is 1.96. The lowest BCUT2D eigenvalue weighted by Gasteiger charge is -2.13. The molecule has 1 aromatic rings. The molecular weight excluding hydrogens is 310 g/mol. The quantitative estimate of drug-likeness (QED) is 0.818. The van der Waals surface area contributed by atoms with Crippen LogP contribution in [-0.2, 0) is 5.41 Å². The number of carbonyl (C=O) groups is 1. The van der Waals surface area contributed by atoms with E-state index in [2.05, 4.69) is 15.9 Å². The number of aliphatic hydroxyl groups excluding tert-OH is 1. The molecular formula is C14H17BrNO3+. The lowest BCUT2D eigenvalue weighted by Crippen LogP contribution is -2.31. The maximum atomic E-state index is 11.2. The van der Waals surface area contributed by atoms with Crippen LogP contribution in [-0.4, -0.2) is 32.7 Å². The van der Waals surface area contributed by atoms with Crippen molar-refractivity contribution < 1.29 is 19.6 Å². The Labute approximate surface area is 120 Å². The van der Waals surface area contributed by atoms with Crippen LogP contribution in [0.2, 0.25) is 0 Å². The van der Waals surface area contributed by atoms with E-state index in [1.165, 1.54) is 0 Å². The van der Waals surface area contributed by atoms with E-state index < -0.39 is 11.4 Å². The van der Waals surface area contributed by atoms with Gasteiger partial charge in [0, 0.05) is 5.56 Å². The summed E-state index contributed by atoms with van der Waals surface area (Å²) in [5.74, 6) is -0.720. The molecule has 1 aliphatic rings. The van der Waals surface area contributed by atoms with Gasteiger partial charge < -0.3 is 10.2 Å². The number of benzene rings is 1. The Morgan fingerprint density at radius 2 is 1.95 bits per heavy atom. The topological polar surface area (TPSA) is 60.5 Å². The van der Waals surface area contributed by atoms with Crippen LogP contribution in [0, 0.1) is 0 Å². The Hall–Kier alpha value is -1.36. The molecule has 0 fully saturated rings. The van der Waals surface area contributed by atoms with Crippen molar-refractivity contribution in [2.24, 2.45) is 0 Å². The number of aromatic carboxylic acids is 1. The molecule has 2 rings (SSSR count). The predicted molar refractivity (Wildman–Crippen MR) is 76.8 cm³/mol. The van der Waals surface area contributed by atoms with Crippen molar-refractivity contribution in [1.29, 1.82) is 0 Å². The highest BCUT2D eigenvalue weighted by atomic mass is 79.9. The average Bonchev–Trinajstić information content (AvgIpc) is 2.49. The number of fused-ring (bicyclic) bond motifs is 1. The third-order valence-electron chi connectivity index (χ3n) is 3.53. The number of hydrogen-bond donors (Lipinski definition) is 2. The van der Waals surface area contributed by atoms with Crippen LogP contribution in [0.25, 0.3) is 0 Å². The molecule has 0 bridgehead atoms. The molecule has 5 heteroatoms. The van der Waals surface area contributed by atoms with Gasteiger partial charge in [-0.1, -0.05) is 0 Å². The molecule has 0 atom stereocenters. The van der Waals surface area contributed by atoms with Gasteiger partial charge >= 0.3 is 11.9 Å². The molecule has 0 spiro atoms. The molecule has 0 unspecified atom stereocenters. The largest absolute Gasteiger partial charge is 0.478 e. The molecule has 2 N–H and O–H groups in total. The Kier molecular flexibility index (Phi) is 3.21. The van der Waals surface area contributed by atoms with Gasteiger partial charge in [-0.2, -0.15) is 4.58 Å². The van der Waals surface area contributed by atoms with Gasteiger partial charge in [0.25, 0.3) is 0 Å². The second kappa shape index (κ2) is 4.34. The summed E-state index contributed by atoms with van der Waals surface area (Å²) >= 11 is 3.42. The number of carboxylic acid groups (broad SMARTS) is 1. The monoisotopic (exact) mass is 326 g/mol. The van der Waals surface area contributed by atoms with E-state index in [9.17, 15) is 9.90 Å². The minimum atomic E-state index is -0.971. The predicted octanol–water partition coefficient (Wildman–Crippen LogP) is 3.45. The molecule has 1 aromatic carbocycles. The molecule has 0 aromatic heterocycles. The molecule has 0 radical (unpaired) electrons. The Morgan fingerprint density at radius 3 is 2.42 bits per heavy atom. The zero-order valence-corrected chi connectivity index (χ0v) is 12.9. The second-order valence-electron chi connectivity index (χ2n) is 5.57. The van der Waals surface area contributed by atoms with Crippen LogP contribution in [0.1, 0.15) is 43.6 Å². The molecule has 19 heavy (non-hydrogen) atoms. The summed E-state index contributed by atoms with van der Waals surface area (Å²) in [6.07, 6.45) is 0. The summed E-state index contributed by atoms with van der Waals surface area (Å²) in [5, 5.41) is 19.6. The van der Waals surface area contributed by atoms with Crippen molar-refractivity contribution in [2.75, 3.05) is 0 Å². The second-order valence-corrected chi connectivity index (χ2v) is 6.43. The lowest BCUT2D eigenvalue weighted by molar-refractivity contribution is -0.482. The Morgan fingerprint density at radius 1 is 1.37 bits per heavy atom. The third-order valence-corrected chi connectivity index (χ3v) is 4.13. The van der Waals surface area contributed by atoms with Crippen LogP contribution >= 0.6 is 15.9 Å². The van der Waals surface area contributed by atoms with Crippen molar-refractivity contribution in [1.82, 2.24) is 0 Å². The highest BCUT2D eigenvalue weighted by molar-refractivity contribution is 9.10. The van der Waals surface area contributed by atoms with Gasteiger partial charge in [0.2, 0.25) is 5.69 Å². The Bertz CT molecular complexity index is 603. The van der Waals surface area contributed by atoms with Gasteiger partial charge in [-0.15, -0.1) is 0 Å². The zero-order chi connectivity index (χ0) is 14.5. The summed E-state index contributed by atoms with van der Waals surface area (Å²) < 4.78 is 2.53. The van der Waals surface area contributed by atoms with Crippen LogP contribution in [0.15, 0.2) is 16.6 Å². The molecule has 0 saturated heterocycles. The summed E-state index contributed by atoms with van der Waals surface area (Å²) in [6.45, 7) is 7.75. The van der Waals surface area contributed by atoms with E-state index in [4.69, 9.17) is 5.11 Å². The first-order valence-corrected chi connectivity index (χ1v) is 6.90. The zero-order valence-electron chi connectivity index (χ0n) is 11.4. The van der Waals surface area contributed by atoms with Gasteiger partial charge in [-0.3, -0.25) is 0 Å². The highest BCUT2D eigenvalue weighted by Gasteiger charge is 2.49. The van der Waals surface area contributed by atoms with Crippen molar-refractivity contribution in [2.45, 2.75) is 39.2 Å². The molecule has 0 aliphatic carbocycles. The molecule has 0 amide bonds. The SMILES string of the molecule is CC(C)[N+]1=C(O)C(C)(C)c2cc(C(=O)O)cc(Br)c21. The van der Waals surface area contributed by atoms with E-state index >= 15 is 0 Å². The average molecular weight is 327 g/mol. The number of rotatable bonds is 2. The first-order valence-electron chi connectivity index (χ1n) is 6.11. The van der Waals surface area contributed by atoms with Crippen molar-refractivity contribution in [3.05, 3.63) is 27.7 Å². The van der Waals surface area contributed by atoms with Crippen LogP contribution in [0.4, 0.5) is 5.69 Å². The van der Waals surface area contributed by atoms with Gasteiger partial charge in [0.15, 0.2) is 6.04 Å². The van der Waals surface area contributed by atoms with Crippen molar-refractivity contribution in [3.63, 3.8) is 0 Å². The number of halogens is 1. The van der Waals surface area contributed by atoms with Gasteiger partial charge in [0.1, 0.15) is 5.41 Å². The number of aliphatic hydroxyl groups is 1. The maximum absolute atomic E-state index is 11.2. The van der Waals surface area contributed by atoms with E-state index in [0.29, 0.717) is 4.47 Å². The Balaban J connectivity index is 2.79. The summed E-state index contributed by atoms with van der Waals surface area (Å²) in [6, 6.07) is 3.30. The lowest BCUT2D eigenvalue weighted by atomic mass is 9.85. The van der Waals surface area contributed by atoms with Crippen molar-refractivity contribution in [3.8, 4) is 0 Å². The fourth-order valence-electron chi connectivity index (χ4n) is 2.47. The number of hydrogen-bond acceptors (Lipinski definition) is 1. The summed E-state index contributed by atoms with van der Waals surface area (Å²) in [4.78, 5) is 11.2. The van der Waals surface area contributed by atoms with E-state index in [0.717, 1.165) is 11.3 Å². The van der Waals surface area contributed by atoms with E-state index in [-0.39, 0.29) is 17.5 Å². The van der Waals surface area contributed by atoms with E-state index in [1.807, 2.05) is 32.3 Å². The first kappa shape index (κ1) is 14.1. The fraction of sp³-hybridized carbons (Fsp3) is 0.429. The van der Waals surface area contributed by atoms with Crippen molar-refractivity contribution >= 4 is 33.5 Å². The standard InChI is InChI=1S/C14H16BrNO3/c1-7(2)16-11-9(14(3,4)13(16)19)5-8(12(17)18)6-10(11)15/h5-7H,1-4H3,(H,17,18)/p+1. The molecule has 1 heterocycles. The van der Waals surface area contributed by atoms with Crippen LogP contribution in [0.5, 0.6) is 0 Å². The summed E-state index contributed by atoms with van der Waals surface area (Å²) in [5.41, 5.74) is 1.30. The number of nitrogens with zero attached hydrogens (tertiary/aromatic N) is 1. The summed E-state index contributed by atoms with van der Waals surface area (Å²) in [7, 11) is 0.